The lowest BCUT2D eigenvalue weighted by atomic mass is 10.0. The van der Waals surface area contributed by atoms with Gasteiger partial charge in [0.1, 0.15) is 5.75 Å². The van der Waals surface area contributed by atoms with Gasteiger partial charge < -0.3 is 15.0 Å². The Bertz CT molecular complexity index is 595. The molecule has 3 aliphatic rings. The molecule has 0 spiro atoms. The molecule has 1 N–H and O–H groups in total. The monoisotopic (exact) mass is 334 g/mol. The molecule has 1 saturated carbocycles. The Morgan fingerprint density at radius 1 is 1.26 bits per heavy atom. The highest BCUT2D eigenvalue weighted by atomic mass is 35.5. The summed E-state index contributed by atoms with van der Waals surface area (Å²) in [7, 11) is 0. The van der Waals surface area contributed by atoms with Crippen LogP contribution in [-0.4, -0.2) is 42.6 Å². The van der Waals surface area contributed by atoms with Crippen LogP contribution < -0.4 is 10.1 Å². The second-order valence-electron chi connectivity index (χ2n) is 7.01. The number of carbonyl (C=O) groups excluding carboxylic acids is 1. The van der Waals surface area contributed by atoms with Crippen molar-refractivity contribution in [2.24, 2.45) is 5.92 Å². The van der Waals surface area contributed by atoms with Gasteiger partial charge in [0.15, 0.2) is 6.10 Å². The van der Waals surface area contributed by atoms with Crippen LogP contribution in [0.3, 0.4) is 0 Å². The number of hydrogen-bond acceptors (Lipinski definition) is 3. The van der Waals surface area contributed by atoms with E-state index in [0.717, 1.165) is 49.7 Å². The number of benzene rings is 1. The molecule has 5 heteroatoms. The fraction of sp³-hybridized carbons (Fsp3) is 0.611. The minimum absolute atomic E-state index is 0.123. The summed E-state index contributed by atoms with van der Waals surface area (Å²) in [6, 6.07) is 6.14. The SMILES string of the molecule is O=C(C1Cc2cc(Cl)ccc2O1)N1CCC(NCC2CC2)CC1. The molecule has 23 heavy (non-hydrogen) atoms. The molecule has 1 aromatic carbocycles. The molecule has 4 rings (SSSR count). The van der Waals surface area contributed by atoms with E-state index in [9.17, 15) is 4.79 Å². The van der Waals surface area contributed by atoms with Crippen molar-refractivity contribution in [3.8, 4) is 5.75 Å². The third kappa shape index (κ3) is 3.48. The van der Waals surface area contributed by atoms with Gasteiger partial charge in [0.2, 0.25) is 0 Å². The molecule has 1 amide bonds. The summed E-state index contributed by atoms with van der Waals surface area (Å²) < 4.78 is 5.83. The molecule has 0 aromatic heterocycles. The maximum Gasteiger partial charge on any atom is 0.263 e. The highest BCUT2D eigenvalue weighted by Crippen LogP contribution is 2.32. The van der Waals surface area contributed by atoms with Crippen LogP contribution in [-0.2, 0) is 11.2 Å². The smallest absolute Gasteiger partial charge is 0.263 e. The van der Waals surface area contributed by atoms with Crippen molar-refractivity contribution < 1.29 is 9.53 Å². The van der Waals surface area contributed by atoms with Crippen LogP contribution in [0.4, 0.5) is 0 Å². The largest absolute Gasteiger partial charge is 0.480 e. The van der Waals surface area contributed by atoms with Crippen molar-refractivity contribution >= 4 is 17.5 Å². The number of piperidine rings is 1. The summed E-state index contributed by atoms with van der Waals surface area (Å²) in [5.74, 6) is 1.83. The molecule has 1 unspecified atom stereocenters. The lowest BCUT2D eigenvalue weighted by Crippen LogP contribution is -2.49. The zero-order chi connectivity index (χ0) is 15.8. The molecule has 4 nitrogen and oxygen atoms in total. The highest BCUT2D eigenvalue weighted by Gasteiger charge is 2.34. The van der Waals surface area contributed by atoms with E-state index in [2.05, 4.69) is 5.32 Å². The maximum absolute atomic E-state index is 12.7. The quantitative estimate of drug-likeness (QED) is 0.920. The molecule has 2 aliphatic heterocycles. The molecule has 2 fully saturated rings. The second-order valence-corrected chi connectivity index (χ2v) is 7.45. The van der Waals surface area contributed by atoms with Gasteiger partial charge in [-0.3, -0.25) is 4.79 Å². The maximum atomic E-state index is 12.7. The summed E-state index contributed by atoms with van der Waals surface area (Å²) in [5.41, 5.74) is 1.04. The van der Waals surface area contributed by atoms with E-state index in [1.165, 1.54) is 12.8 Å². The minimum Gasteiger partial charge on any atom is -0.480 e. The van der Waals surface area contributed by atoms with E-state index < -0.39 is 0 Å². The predicted octanol–water partition coefficient (Wildman–Crippen LogP) is 2.63. The first-order chi connectivity index (χ1) is 11.2. The van der Waals surface area contributed by atoms with Crippen molar-refractivity contribution in [2.45, 2.75) is 44.2 Å². The second kappa shape index (κ2) is 6.33. The van der Waals surface area contributed by atoms with Gasteiger partial charge in [0, 0.05) is 30.6 Å². The number of likely N-dealkylation sites (tertiary alicyclic amines) is 1. The number of carbonyl (C=O) groups is 1. The van der Waals surface area contributed by atoms with Gasteiger partial charge in [-0.15, -0.1) is 0 Å². The van der Waals surface area contributed by atoms with Crippen LogP contribution >= 0.6 is 11.6 Å². The third-order valence-electron chi connectivity index (χ3n) is 5.17. The molecule has 1 saturated heterocycles. The van der Waals surface area contributed by atoms with E-state index in [1.54, 1.807) is 0 Å². The topological polar surface area (TPSA) is 41.6 Å². The number of nitrogens with one attached hydrogen (secondary N) is 1. The fourth-order valence-electron chi connectivity index (χ4n) is 3.52. The minimum atomic E-state index is -0.376. The van der Waals surface area contributed by atoms with E-state index >= 15 is 0 Å². The zero-order valence-corrected chi connectivity index (χ0v) is 14.0. The molecular formula is C18H23ClN2O2. The van der Waals surface area contributed by atoms with Crippen LogP contribution in [0, 0.1) is 5.92 Å². The molecular weight excluding hydrogens is 312 g/mol. The lowest BCUT2D eigenvalue weighted by molar-refractivity contribution is -0.139. The van der Waals surface area contributed by atoms with E-state index in [-0.39, 0.29) is 12.0 Å². The highest BCUT2D eigenvalue weighted by molar-refractivity contribution is 6.30. The van der Waals surface area contributed by atoms with Gasteiger partial charge in [-0.2, -0.15) is 0 Å². The average Bonchev–Trinajstić information content (AvgIpc) is 3.30. The Hall–Kier alpha value is -1.26. The van der Waals surface area contributed by atoms with E-state index in [1.807, 2.05) is 23.1 Å². The predicted molar refractivity (Wildman–Crippen MR) is 89.9 cm³/mol. The molecule has 0 radical (unpaired) electrons. The van der Waals surface area contributed by atoms with Gasteiger partial charge in [0.25, 0.3) is 5.91 Å². The first-order valence-electron chi connectivity index (χ1n) is 8.66. The summed E-state index contributed by atoms with van der Waals surface area (Å²) in [6.45, 7) is 2.82. The standard InChI is InChI=1S/C18H23ClN2O2/c19-14-3-4-16-13(9-14)10-17(23-16)18(22)21-7-5-15(6-8-21)20-11-12-1-2-12/h3-4,9,12,15,17,20H,1-2,5-8,10-11H2. The van der Waals surface area contributed by atoms with Crippen molar-refractivity contribution in [1.29, 1.82) is 0 Å². The Morgan fingerprint density at radius 2 is 2.04 bits per heavy atom. The van der Waals surface area contributed by atoms with Crippen LogP contribution in [0.2, 0.25) is 5.02 Å². The summed E-state index contributed by atoms with van der Waals surface area (Å²) in [6.07, 6.45) is 5.11. The molecule has 1 aliphatic carbocycles. The Kier molecular flexibility index (Phi) is 4.20. The summed E-state index contributed by atoms with van der Waals surface area (Å²) >= 11 is 6.01. The van der Waals surface area contributed by atoms with Gasteiger partial charge in [-0.05, 0) is 61.9 Å². The van der Waals surface area contributed by atoms with Gasteiger partial charge in [0.05, 0.1) is 0 Å². The number of nitrogens with zero attached hydrogens (tertiary/aromatic N) is 1. The molecule has 2 heterocycles. The Labute approximate surface area is 142 Å². The molecule has 0 bridgehead atoms. The van der Waals surface area contributed by atoms with Gasteiger partial charge >= 0.3 is 0 Å². The number of halogens is 1. The normalized spacial score (nSPS) is 24.4. The number of rotatable bonds is 4. The van der Waals surface area contributed by atoms with Crippen molar-refractivity contribution in [2.75, 3.05) is 19.6 Å². The lowest BCUT2D eigenvalue weighted by Gasteiger charge is -2.33. The summed E-state index contributed by atoms with van der Waals surface area (Å²) in [5, 5.41) is 4.35. The van der Waals surface area contributed by atoms with Gasteiger partial charge in [-0.25, -0.2) is 0 Å². The average molecular weight is 335 g/mol. The van der Waals surface area contributed by atoms with Crippen LogP contribution in [0.15, 0.2) is 18.2 Å². The molecule has 1 aromatic rings. The van der Waals surface area contributed by atoms with Crippen LogP contribution in [0.5, 0.6) is 5.75 Å². The molecule has 1 atom stereocenters. The number of amides is 1. The van der Waals surface area contributed by atoms with Crippen LogP contribution in [0.1, 0.15) is 31.2 Å². The van der Waals surface area contributed by atoms with Crippen molar-refractivity contribution in [1.82, 2.24) is 10.2 Å². The van der Waals surface area contributed by atoms with Crippen molar-refractivity contribution in [3.63, 3.8) is 0 Å². The first-order valence-corrected chi connectivity index (χ1v) is 9.04. The van der Waals surface area contributed by atoms with Gasteiger partial charge in [-0.1, -0.05) is 11.6 Å². The number of hydrogen-bond donors (Lipinski definition) is 1. The third-order valence-corrected chi connectivity index (χ3v) is 5.41. The Morgan fingerprint density at radius 3 is 2.78 bits per heavy atom. The number of fused-ring (bicyclic) bond motifs is 1. The first kappa shape index (κ1) is 15.3. The van der Waals surface area contributed by atoms with E-state index in [4.69, 9.17) is 16.3 Å². The molecule has 124 valence electrons. The Balaban J connectivity index is 1.29. The summed E-state index contributed by atoms with van der Waals surface area (Å²) in [4.78, 5) is 14.6. The zero-order valence-electron chi connectivity index (χ0n) is 13.3. The van der Waals surface area contributed by atoms with Crippen LogP contribution in [0.25, 0.3) is 0 Å². The van der Waals surface area contributed by atoms with Crippen molar-refractivity contribution in [3.05, 3.63) is 28.8 Å². The van der Waals surface area contributed by atoms with E-state index in [0.29, 0.717) is 17.5 Å². The number of ether oxygens (including phenoxy) is 1. The fourth-order valence-corrected chi connectivity index (χ4v) is 3.71.